The Bertz CT molecular complexity index is 625. The zero-order chi connectivity index (χ0) is 14.5. The van der Waals surface area contributed by atoms with Gasteiger partial charge in [0.05, 0.1) is 12.4 Å². The summed E-state index contributed by atoms with van der Waals surface area (Å²) in [5.41, 5.74) is 0.898. The summed E-state index contributed by atoms with van der Waals surface area (Å²) >= 11 is 11.6. The summed E-state index contributed by atoms with van der Waals surface area (Å²) in [6.07, 6.45) is 2.72. The molecule has 0 saturated heterocycles. The van der Waals surface area contributed by atoms with Gasteiger partial charge in [-0.15, -0.1) is 0 Å². The minimum absolute atomic E-state index is 0.0546. The van der Waals surface area contributed by atoms with Crippen molar-refractivity contribution in [3.05, 3.63) is 57.6 Å². The molecule has 20 heavy (non-hydrogen) atoms. The molecule has 2 aromatic carbocycles. The van der Waals surface area contributed by atoms with E-state index in [0.29, 0.717) is 21.2 Å². The highest BCUT2D eigenvalue weighted by Gasteiger charge is 1.99. The van der Waals surface area contributed by atoms with Gasteiger partial charge in [0.1, 0.15) is 11.5 Å². The third-order valence-electron chi connectivity index (χ3n) is 2.44. The molecule has 6 heteroatoms. The Balaban J connectivity index is 2.15. The van der Waals surface area contributed by atoms with Crippen LogP contribution in [0.5, 0.6) is 11.5 Å². The maximum Gasteiger partial charge on any atom is 0.124 e. The average molecular weight is 309 g/mol. The van der Waals surface area contributed by atoms with E-state index in [4.69, 9.17) is 23.2 Å². The summed E-state index contributed by atoms with van der Waals surface area (Å²) in [7, 11) is 0. The van der Waals surface area contributed by atoms with Gasteiger partial charge < -0.3 is 10.2 Å². The van der Waals surface area contributed by atoms with Crippen LogP contribution in [0, 0.1) is 0 Å². The fourth-order valence-electron chi connectivity index (χ4n) is 1.45. The van der Waals surface area contributed by atoms with Crippen molar-refractivity contribution >= 4 is 35.6 Å². The normalized spacial score (nSPS) is 11.5. The maximum absolute atomic E-state index is 9.57. The first-order valence-corrected chi connectivity index (χ1v) is 6.35. The summed E-state index contributed by atoms with van der Waals surface area (Å²) < 4.78 is 0. The number of phenols is 2. The zero-order valence-corrected chi connectivity index (χ0v) is 11.7. The van der Waals surface area contributed by atoms with Gasteiger partial charge in [-0.2, -0.15) is 10.2 Å². The highest BCUT2D eigenvalue weighted by atomic mass is 35.5. The van der Waals surface area contributed by atoms with Crippen LogP contribution in [0.4, 0.5) is 0 Å². The Morgan fingerprint density at radius 2 is 1.15 bits per heavy atom. The third-order valence-corrected chi connectivity index (χ3v) is 2.91. The van der Waals surface area contributed by atoms with Crippen molar-refractivity contribution in [2.45, 2.75) is 0 Å². The summed E-state index contributed by atoms with van der Waals surface area (Å²) in [6.45, 7) is 0. The number of aromatic hydroxyl groups is 2. The fraction of sp³-hybridized carbons (Fsp3) is 0. The molecule has 0 amide bonds. The lowest BCUT2D eigenvalue weighted by Crippen LogP contribution is -1.84. The largest absolute Gasteiger partial charge is 0.507 e. The lowest BCUT2D eigenvalue weighted by atomic mass is 10.2. The van der Waals surface area contributed by atoms with E-state index in [9.17, 15) is 10.2 Å². The fourth-order valence-corrected chi connectivity index (χ4v) is 1.81. The molecule has 0 fully saturated rings. The lowest BCUT2D eigenvalue weighted by Gasteiger charge is -1.98. The van der Waals surface area contributed by atoms with Gasteiger partial charge in [0.2, 0.25) is 0 Å². The van der Waals surface area contributed by atoms with Crippen molar-refractivity contribution in [3.63, 3.8) is 0 Å². The molecule has 0 heterocycles. The number of benzene rings is 2. The van der Waals surface area contributed by atoms with Gasteiger partial charge >= 0.3 is 0 Å². The first kappa shape index (κ1) is 14.4. The van der Waals surface area contributed by atoms with Crippen LogP contribution >= 0.6 is 23.2 Å². The van der Waals surface area contributed by atoms with Crippen molar-refractivity contribution in [1.29, 1.82) is 0 Å². The minimum Gasteiger partial charge on any atom is -0.507 e. The molecular weight excluding hydrogens is 299 g/mol. The smallest absolute Gasteiger partial charge is 0.124 e. The summed E-state index contributed by atoms with van der Waals surface area (Å²) in [6, 6.07) is 9.20. The van der Waals surface area contributed by atoms with Crippen LogP contribution in [-0.4, -0.2) is 22.6 Å². The Hall–Kier alpha value is -2.04. The minimum atomic E-state index is 0.0546. The number of hydrogen-bond acceptors (Lipinski definition) is 4. The maximum atomic E-state index is 9.57. The Morgan fingerprint density at radius 1 is 0.750 bits per heavy atom. The molecule has 2 rings (SSSR count). The monoisotopic (exact) mass is 308 g/mol. The Morgan fingerprint density at radius 3 is 1.55 bits per heavy atom. The predicted octanol–water partition coefficient (Wildman–Crippen LogP) is 3.86. The van der Waals surface area contributed by atoms with E-state index in [2.05, 4.69) is 10.2 Å². The van der Waals surface area contributed by atoms with Crippen LogP contribution in [0.15, 0.2) is 46.6 Å². The molecule has 0 unspecified atom stereocenters. The first-order valence-electron chi connectivity index (χ1n) is 5.59. The SMILES string of the molecule is Oc1ccc(Cl)cc1/C=N\N=C\c1cc(Cl)ccc1O. The molecule has 0 aliphatic heterocycles. The molecule has 0 aliphatic rings. The number of phenolic OH excluding ortho intramolecular Hbond substituents is 2. The van der Waals surface area contributed by atoms with Gasteiger partial charge in [-0.25, -0.2) is 0 Å². The number of nitrogens with zero attached hydrogens (tertiary/aromatic N) is 2. The van der Waals surface area contributed by atoms with Gasteiger partial charge in [-0.05, 0) is 36.4 Å². The van der Waals surface area contributed by atoms with E-state index in [-0.39, 0.29) is 11.5 Å². The van der Waals surface area contributed by atoms with Crippen LogP contribution in [-0.2, 0) is 0 Å². The molecule has 0 bridgehead atoms. The average Bonchev–Trinajstić information content (AvgIpc) is 2.42. The first-order chi connectivity index (χ1) is 9.56. The topological polar surface area (TPSA) is 65.2 Å². The van der Waals surface area contributed by atoms with Gasteiger partial charge in [0, 0.05) is 21.2 Å². The molecule has 0 atom stereocenters. The van der Waals surface area contributed by atoms with Gasteiger partial charge in [-0.3, -0.25) is 0 Å². The van der Waals surface area contributed by atoms with Crippen LogP contribution in [0.25, 0.3) is 0 Å². The van der Waals surface area contributed by atoms with Gasteiger partial charge in [0.25, 0.3) is 0 Å². The molecule has 0 aliphatic carbocycles. The van der Waals surface area contributed by atoms with E-state index in [1.165, 1.54) is 24.6 Å². The van der Waals surface area contributed by atoms with E-state index < -0.39 is 0 Å². The molecule has 2 N–H and O–H groups in total. The Kier molecular flexibility index (Phi) is 4.61. The molecule has 0 spiro atoms. The number of hydrogen-bond donors (Lipinski definition) is 2. The van der Waals surface area contributed by atoms with Gasteiger partial charge in [0.15, 0.2) is 0 Å². The van der Waals surface area contributed by atoms with Crippen LogP contribution in [0.2, 0.25) is 10.0 Å². The molecule has 0 saturated carbocycles. The molecule has 102 valence electrons. The standard InChI is InChI=1S/C14H10Cl2N2O2/c15-11-1-3-13(19)9(5-11)7-17-18-8-10-6-12(16)2-4-14(10)20/h1-8,19-20H/b17-7-,18-8+. The van der Waals surface area contributed by atoms with Crippen molar-refractivity contribution in [2.75, 3.05) is 0 Å². The summed E-state index contributed by atoms with van der Waals surface area (Å²) in [5, 5.41) is 27.7. The van der Waals surface area contributed by atoms with Gasteiger partial charge in [-0.1, -0.05) is 23.2 Å². The Labute approximate surface area is 125 Å². The number of rotatable bonds is 3. The molecule has 0 radical (unpaired) electrons. The summed E-state index contributed by atoms with van der Waals surface area (Å²) in [4.78, 5) is 0. The van der Waals surface area contributed by atoms with Crippen LogP contribution in [0.1, 0.15) is 11.1 Å². The van der Waals surface area contributed by atoms with Crippen molar-refractivity contribution in [3.8, 4) is 11.5 Å². The van der Waals surface area contributed by atoms with E-state index in [1.54, 1.807) is 24.3 Å². The highest BCUT2D eigenvalue weighted by Crippen LogP contribution is 2.20. The summed E-state index contributed by atoms with van der Waals surface area (Å²) in [5.74, 6) is 0.109. The molecule has 4 nitrogen and oxygen atoms in total. The molecule has 2 aromatic rings. The molecule has 0 aromatic heterocycles. The second-order valence-electron chi connectivity index (χ2n) is 3.90. The second-order valence-corrected chi connectivity index (χ2v) is 4.77. The second kappa shape index (κ2) is 6.41. The third kappa shape index (κ3) is 3.73. The van der Waals surface area contributed by atoms with E-state index in [0.717, 1.165) is 0 Å². The van der Waals surface area contributed by atoms with Crippen molar-refractivity contribution in [1.82, 2.24) is 0 Å². The van der Waals surface area contributed by atoms with Crippen molar-refractivity contribution < 1.29 is 10.2 Å². The predicted molar refractivity (Wildman–Crippen MR) is 81.4 cm³/mol. The van der Waals surface area contributed by atoms with Crippen LogP contribution in [0.3, 0.4) is 0 Å². The van der Waals surface area contributed by atoms with E-state index in [1.807, 2.05) is 0 Å². The van der Waals surface area contributed by atoms with E-state index >= 15 is 0 Å². The van der Waals surface area contributed by atoms with Crippen LogP contribution < -0.4 is 0 Å². The zero-order valence-electron chi connectivity index (χ0n) is 10.2. The highest BCUT2D eigenvalue weighted by molar-refractivity contribution is 6.31. The number of halogens is 2. The van der Waals surface area contributed by atoms with Crippen molar-refractivity contribution in [2.24, 2.45) is 10.2 Å². The lowest BCUT2D eigenvalue weighted by molar-refractivity contribution is 0.474. The quantitative estimate of drug-likeness (QED) is 0.668. The molecular formula is C14H10Cl2N2O2.